The summed E-state index contributed by atoms with van der Waals surface area (Å²) >= 11 is 0. The summed E-state index contributed by atoms with van der Waals surface area (Å²) < 4.78 is 15.4. The number of carbonyl (C=O) groups is 1. The third-order valence-corrected chi connectivity index (χ3v) is 2.83. The second kappa shape index (κ2) is 10.4. The molecule has 1 aromatic rings. The molecule has 1 rings (SSSR count). The summed E-state index contributed by atoms with van der Waals surface area (Å²) in [5, 5.41) is 0. The van der Waals surface area contributed by atoms with Gasteiger partial charge in [0.15, 0.2) is 0 Å². The van der Waals surface area contributed by atoms with Crippen molar-refractivity contribution in [2.75, 3.05) is 40.1 Å². The molecular weight excluding hydrogens is 258 g/mol. The van der Waals surface area contributed by atoms with Gasteiger partial charge < -0.3 is 19.9 Å². The molecule has 0 aromatic heterocycles. The van der Waals surface area contributed by atoms with Crippen LogP contribution in [-0.4, -0.2) is 46.1 Å². The summed E-state index contributed by atoms with van der Waals surface area (Å²) in [5.74, 6) is -0.679. The molecule has 5 nitrogen and oxygen atoms in total. The molecule has 0 spiro atoms. The predicted molar refractivity (Wildman–Crippen MR) is 76.5 cm³/mol. The van der Waals surface area contributed by atoms with Gasteiger partial charge in [0.05, 0.1) is 25.7 Å². The van der Waals surface area contributed by atoms with Gasteiger partial charge in [0.1, 0.15) is 0 Å². The lowest BCUT2D eigenvalue weighted by molar-refractivity contribution is -0.145. The van der Waals surface area contributed by atoms with Gasteiger partial charge in [-0.1, -0.05) is 30.3 Å². The summed E-state index contributed by atoms with van der Waals surface area (Å²) in [7, 11) is 1.63. The number of hydrogen-bond acceptors (Lipinski definition) is 5. The Kier molecular flexibility index (Phi) is 8.62. The smallest absolute Gasteiger partial charge is 0.314 e. The van der Waals surface area contributed by atoms with Crippen molar-refractivity contribution < 1.29 is 19.0 Å². The first-order chi connectivity index (χ1) is 9.79. The fourth-order valence-electron chi connectivity index (χ4n) is 1.73. The van der Waals surface area contributed by atoms with E-state index in [9.17, 15) is 4.79 Å². The van der Waals surface area contributed by atoms with Gasteiger partial charge in [0, 0.05) is 26.7 Å². The molecule has 0 aliphatic carbocycles. The van der Waals surface area contributed by atoms with E-state index in [2.05, 4.69) is 0 Å². The molecule has 0 saturated heterocycles. The van der Waals surface area contributed by atoms with Gasteiger partial charge in [-0.15, -0.1) is 0 Å². The van der Waals surface area contributed by atoms with E-state index in [1.54, 1.807) is 7.11 Å². The van der Waals surface area contributed by atoms with Crippen molar-refractivity contribution in [3.05, 3.63) is 35.9 Å². The molecule has 0 aliphatic rings. The first-order valence-corrected chi connectivity index (χ1v) is 6.78. The molecule has 0 saturated carbocycles. The number of esters is 1. The van der Waals surface area contributed by atoms with Crippen LogP contribution in [0.1, 0.15) is 17.9 Å². The fraction of sp³-hybridized carbons (Fsp3) is 0.533. The minimum Gasteiger partial charge on any atom is -0.465 e. The zero-order valence-corrected chi connectivity index (χ0v) is 11.9. The van der Waals surface area contributed by atoms with Crippen LogP contribution in [0.25, 0.3) is 0 Å². The number of benzene rings is 1. The van der Waals surface area contributed by atoms with Crippen LogP contribution in [0.2, 0.25) is 0 Å². The van der Waals surface area contributed by atoms with Crippen molar-refractivity contribution in [2.45, 2.75) is 12.3 Å². The standard InChI is InChI=1S/C15H23NO4/c1-18-10-11-19-8-5-9-20-15(17)14(12-16)13-6-3-2-4-7-13/h2-4,6-7,14H,5,8-12,16H2,1H3. The molecule has 1 atom stereocenters. The largest absolute Gasteiger partial charge is 0.465 e. The van der Waals surface area contributed by atoms with E-state index in [1.807, 2.05) is 30.3 Å². The summed E-state index contributed by atoms with van der Waals surface area (Å²) in [6.07, 6.45) is 0.668. The number of ether oxygens (including phenoxy) is 3. The molecule has 20 heavy (non-hydrogen) atoms. The molecule has 0 heterocycles. The summed E-state index contributed by atoms with van der Waals surface area (Å²) in [6, 6.07) is 9.43. The Hall–Kier alpha value is -1.43. The van der Waals surface area contributed by atoms with Crippen LogP contribution in [0, 0.1) is 0 Å². The Morgan fingerprint density at radius 2 is 1.90 bits per heavy atom. The zero-order chi connectivity index (χ0) is 14.6. The minimum absolute atomic E-state index is 0.243. The van der Waals surface area contributed by atoms with E-state index in [-0.39, 0.29) is 12.5 Å². The first kappa shape index (κ1) is 16.6. The normalized spacial score (nSPS) is 12.1. The Morgan fingerprint density at radius 3 is 2.55 bits per heavy atom. The maximum Gasteiger partial charge on any atom is 0.314 e. The molecular formula is C15H23NO4. The Labute approximate surface area is 120 Å². The molecule has 0 radical (unpaired) electrons. The summed E-state index contributed by atoms with van der Waals surface area (Å²) in [5.41, 5.74) is 6.54. The van der Waals surface area contributed by atoms with Crippen molar-refractivity contribution in [1.29, 1.82) is 0 Å². The van der Waals surface area contributed by atoms with Gasteiger partial charge >= 0.3 is 5.97 Å². The quantitative estimate of drug-likeness (QED) is 0.517. The van der Waals surface area contributed by atoms with Crippen molar-refractivity contribution in [3.8, 4) is 0 Å². The van der Waals surface area contributed by atoms with E-state index >= 15 is 0 Å². The highest BCUT2D eigenvalue weighted by atomic mass is 16.5. The molecule has 0 fully saturated rings. The SMILES string of the molecule is COCCOCCCOC(=O)C(CN)c1ccccc1. The topological polar surface area (TPSA) is 70.8 Å². The van der Waals surface area contributed by atoms with Crippen molar-refractivity contribution in [1.82, 2.24) is 0 Å². The van der Waals surface area contributed by atoms with Crippen LogP contribution in [0.5, 0.6) is 0 Å². The van der Waals surface area contributed by atoms with Crippen LogP contribution in [0.15, 0.2) is 30.3 Å². The summed E-state index contributed by atoms with van der Waals surface area (Å²) in [6.45, 7) is 2.26. The third kappa shape index (κ3) is 6.14. The van der Waals surface area contributed by atoms with Crippen LogP contribution in [0.3, 0.4) is 0 Å². The van der Waals surface area contributed by atoms with E-state index in [4.69, 9.17) is 19.9 Å². The molecule has 0 aliphatic heterocycles. The minimum atomic E-state index is -0.398. The highest BCUT2D eigenvalue weighted by molar-refractivity contribution is 5.78. The Morgan fingerprint density at radius 1 is 1.15 bits per heavy atom. The number of carbonyl (C=O) groups excluding carboxylic acids is 1. The van der Waals surface area contributed by atoms with Crippen LogP contribution >= 0.6 is 0 Å². The number of hydrogen-bond donors (Lipinski definition) is 1. The van der Waals surface area contributed by atoms with E-state index in [0.29, 0.717) is 32.8 Å². The maximum absolute atomic E-state index is 11.9. The van der Waals surface area contributed by atoms with Gasteiger partial charge in [0.2, 0.25) is 0 Å². The molecule has 1 unspecified atom stereocenters. The van der Waals surface area contributed by atoms with Crippen molar-refractivity contribution in [2.24, 2.45) is 5.73 Å². The lowest BCUT2D eigenvalue weighted by atomic mass is 10.00. The second-order valence-corrected chi connectivity index (χ2v) is 4.33. The average Bonchev–Trinajstić information content (AvgIpc) is 2.48. The van der Waals surface area contributed by atoms with Crippen LogP contribution in [-0.2, 0) is 19.0 Å². The number of nitrogens with two attached hydrogens (primary N) is 1. The number of methoxy groups -OCH3 is 1. The number of rotatable bonds is 10. The summed E-state index contributed by atoms with van der Waals surface area (Å²) in [4.78, 5) is 11.9. The molecule has 0 bridgehead atoms. The van der Waals surface area contributed by atoms with Gasteiger partial charge in [-0.2, -0.15) is 0 Å². The van der Waals surface area contributed by atoms with Gasteiger partial charge in [0.25, 0.3) is 0 Å². The lowest BCUT2D eigenvalue weighted by Gasteiger charge is -2.14. The van der Waals surface area contributed by atoms with Gasteiger partial charge in [-0.25, -0.2) is 0 Å². The average molecular weight is 281 g/mol. The second-order valence-electron chi connectivity index (χ2n) is 4.33. The monoisotopic (exact) mass is 281 g/mol. The van der Waals surface area contributed by atoms with E-state index in [0.717, 1.165) is 5.56 Å². The first-order valence-electron chi connectivity index (χ1n) is 6.78. The molecule has 2 N–H and O–H groups in total. The highest BCUT2D eigenvalue weighted by Gasteiger charge is 2.19. The van der Waals surface area contributed by atoms with Crippen LogP contribution < -0.4 is 5.73 Å². The molecule has 5 heteroatoms. The zero-order valence-electron chi connectivity index (χ0n) is 11.9. The van der Waals surface area contributed by atoms with Crippen molar-refractivity contribution in [3.63, 3.8) is 0 Å². The van der Waals surface area contributed by atoms with Gasteiger partial charge in [-0.3, -0.25) is 4.79 Å². The third-order valence-electron chi connectivity index (χ3n) is 2.83. The van der Waals surface area contributed by atoms with Crippen molar-refractivity contribution >= 4 is 5.97 Å². The van der Waals surface area contributed by atoms with Crippen LogP contribution in [0.4, 0.5) is 0 Å². The fourth-order valence-corrected chi connectivity index (χ4v) is 1.73. The maximum atomic E-state index is 11.9. The molecule has 0 amide bonds. The Balaban J connectivity index is 2.24. The highest BCUT2D eigenvalue weighted by Crippen LogP contribution is 2.15. The Bertz CT molecular complexity index is 369. The molecule has 1 aromatic carbocycles. The van der Waals surface area contributed by atoms with E-state index in [1.165, 1.54) is 0 Å². The lowest BCUT2D eigenvalue weighted by Crippen LogP contribution is -2.24. The van der Waals surface area contributed by atoms with E-state index < -0.39 is 5.92 Å². The van der Waals surface area contributed by atoms with Gasteiger partial charge in [-0.05, 0) is 5.56 Å². The predicted octanol–water partition coefficient (Wildman–Crippen LogP) is 1.33. The molecule has 112 valence electrons.